The van der Waals surface area contributed by atoms with E-state index in [-0.39, 0.29) is 5.97 Å². The van der Waals surface area contributed by atoms with Gasteiger partial charge in [-0.25, -0.2) is 9.78 Å². The molecule has 2 aliphatic heterocycles. The number of nitrogens with zero attached hydrogens (tertiary/aromatic N) is 2. The number of cyclic esters (lactones) is 1. The Labute approximate surface area is 123 Å². The molecule has 20 heavy (non-hydrogen) atoms. The lowest BCUT2D eigenvalue weighted by Gasteiger charge is -2.31. The first-order chi connectivity index (χ1) is 9.66. The zero-order valence-electron chi connectivity index (χ0n) is 12.0. The predicted molar refractivity (Wildman–Crippen MR) is 81.9 cm³/mol. The highest BCUT2D eigenvalue weighted by atomic mass is 32.2. The summed E-state index contributed by atoms with van der Waals surface area (Å²) in [4.78, 5) is 19.2. The zero-order valence-corrected chi connectivity index (χ0v) is 12.8. The number of pyridine rings is 1. The smallest absolute Gasteiger partial charge is 0.342 e. The van der Waals surface area contributed by atoms with Crippen LogP contribution in [-0.2, 0) is 11.2 Å². The van der Waals surface area contributed by atoms with Crippen molar-refractivity contribution < 1.29 is 9.53 Å². The van der Waals surface area contributed by atoms with Crippen molar-refractivity contribution in [1.29, 1.82) is 0 Å². The van der Waals surface area contributed by atoms with Crippen LogP contribution < -0.4 is 4.90 Å². The first kappa shape index (κ1) is 13.7. The molecule has 0 radical (unpaired) electrons. The second-order valence-corrected chi connectivity index (χ2v) is 6.77. The van der Waals surface area contributed by atoms with E-state index in [1.807, 2.05) is 11.8 Å². The maximum absolute atomic E-state index is 12.1. The molecular weight excluding hydrogens is 272 g/mol. The van der Waals surface area contributed by atoms with Gasteiger partial charge in [-0.3, -0.25) is 0 Å². The minimum atomic E-state index is -0.206. The minimum absolute atomic E-state index is 0.206. The topological polar surface area (TPSA) is 42.4 Å². The summed E-state index contributed by atoms with van der Waals surface area (Å²) in [7, 11) is 0. The van der Waals surface area contributed by atoms with Gasteiger partial charge in [0.1, 0.15) is 11.4 Å². The molecule has 0 aromatic carbocycles. The van der Waals surface area contributed by atoms with Gasteiger partial charge in [-0.2, -0.15) is 11.8 Å². The van der Waals surface area contributed by atoms with Crippen molar-refractivity contribution in [2.75, 3.05) is 36.1 Å². The lowest BCUT2D eigenvalue weighted by molar-refractivity contribution is 0.0480. The number of esters is 1. The van der Waals surface area contributed by atoms with Crippen molar-refractivity contribution in [2.45, 2.75) is 26.2 Å². The summed E-state index contributed by atoms with van der Waals surface area (Å²) in [5.74, 6) is 3.20. The fourth-order valence-corrected chi connectivity index (χ4v) is 3.55. The molecule has 108 valence electrons. The fraction of sp³-hybridized carbons (Fsp3) is 0.600. The summed E-state index contributed by atoms with van der Waals surface area (Å²) in [6.45, 7) is 6.69. The SMILES string of the molecule is CC(C)c1cc2c(c(N3CCSCC3)n1)C(=O)OCC2. The molecule has 0 saturated carbocycles. The van der Waals surface area contributed by atoms with Crippen molar-refractivity contribution in [2.24, 2.45) is 0 Å². The first-order valence-electron chi connectivity index (χ1n) is 7.20. The summed E-state index contributed by atoms with van der Waals surface area (Å²) in [6, 6.07) is 2.09. The number of anilines is 1. The Balaban J connectivity index is 2.09. The number of hydrogen-bond acceptors (Lipinski definition) is 5. The van der Waals surface area contributed by atoms with E-state index >= 15 is 0 Å². The average molecular weight is 292 g/mol. The van der Waals surface area contributed by atoms with E-state index in [1.165, 1.54) is 0 Å². The molecule has 0 bridgehead atoms. The Morgan fingerprint density at radius 3 is 2.80 bits per heavy atom. The Kier molecular flexibility index (Phi) is 3.87. The molecule has 2 aliphatic rings. The summed E-state index contributed by atoms with van der Waals surface area (Å²) in [5, 5.41) is 0. The van der Waals surface area contributed by atoms with Crippen LogP contribution >= 0.6 is 11.8 Å². The number of rotatable bonds is 2. The van der Waals surface area contributed by atoms with Gasteiger partial charge in [0.2, 0.25) is 0 Å². The Bertz CT molecular complexity index is 525. The second-order valence-electron chi connectivity index (χ2n) is 5.54. The van der Waals surface area contributed by atoms with Crippen LogP contribution in [0.15, 0.2) is 6.07 Å². The molecule has 0 atom stereocenters. The zero-order chi connectivity index (χ0) is 14.1. The van der Waals surface area contributed by atoms with Crippen molar-refractivity contribution in [3.05, 3.63) is 22.9 Å². The lowest BCUT2D eigenvalue weighted by Crippen LogP contribution is -2.36. The lowest BCUT2D eigenvalue weighted by atomic mass is 9.99. The van der Waals surface area contributed by atoms with Crippen molar-refractivity contribution in [3.8, 4) is 0 Å². The molecule has 0 aliphatic carbocycles. The van der Waals surface area contributed by atoms with Crippen LogP contribution in [-0.4, -0.2) is 42.2 Å². The van der Waals surface area contributed by atoms with Crippen LogP contribution in [0.1, 0.15) is 41.4 Å². The normalized spacial score (nSPS) is 18.9. The molecular formula is C15H20N2O2S. The van der Waals surface area contributed by atoms with E-state index in [4.69, 9.17) is 9.72 Å². The van der Waals surface area contributed by atoms with Crippen LogP contribution in [0.25, 0.3) is 0 Å². The third kappa shape index (κ3) is 2.51. The Morgan fingerprint density at radius 2 is 2.10 bits per heavy atom. The van der Waals surface area contributed by atoms with Gasteiger partial charge in [0.15, 0.2) is 0 Å². The molecule has 0 spiro atoms. The highest BCUT2D eigenvalue weighted by Gasteiger charge is 2.28. The van der Waals surface area contributed by atoms with E-state index in [2.05, 4.69) is 24.8 Å². The van der Waals surface area contributed by atoms with Crippen LogP contribution in [0.2, 0.25) is 0 Å². The molecule has 1 saturated heterocycles. The first-order valence-corrected chi connectivity index (χ1v) is 8.36. The number of thioether (sulfide) groups is 1. The molecule has 0 N–H and O–H groups in total. The van der Waals surface area contributed by atoms with Crippen LogP contribution in [0, 0.1) is 0 Å². The average Bonchev–Trinajstić information content (AvgIpc) is 2.47. The molecule has 5 heteroatoms. The number of fused-ring (bicyclic) bond motifs is 1. The maximum atomic E-state index is 12.1. The van der Waals surface area contributed by atoms with Crippen LogP contribution in [0.5, 0.6) is 0 Å². The van der Waals surface area contributed by atoms with E-state index in [9.17, 15) is 4.79 Å². The van der Waals surface area contributed by atoms with E-state index in [0.29, 0.717) is 18.1 Å². The minimum Gasteiger partial charge on any atom is -0.462 e. The summed E-state index contributed by atoms with van der Waals surface area (Å²) in [5.41, 5.74) is 2.88. The standard InChI is InChI=1S/C15H20N2O2S/c1-10(2)12-9-11-3-6-19-15(18)13(11)14(16-12)17-4-7-20-8-5-17/h9-10H,3-8H2,1-2H3. The number of aromatic nitrogens is 1. The predicted octanol–water partition coefficient (Wildman–Crippen LogP) is 2.47. The molecule has 3 rings (SSSR count). The Morgan fingerprint density at radius 1 is 1.35 bits per heavy atom. The molecule has 1 aromatic rings. The van der Waals surface area contributed by atoms with Crippen LogP contribution in [0.4, 0.5) is 5.82 Å². The van der Waals surface area contributed by atoms with Gasteiger partial charge in [0.25, 0.3) is 0 Å². The number of carbonyl (C=O) groups is 1. The summed E-state index contributed by atoms with van der Waals surface area (Å²) >= 11 is 1.96. The van der Waals surface area contributed by atoms with E-state index < -0.39 is 0 Å². The highest BCUT2D eigenvalue weighted by Crippen LogP contribution is 2.30. The molecule has 0 unspecified atom stereocenters. The largest absolute Gasteiger partial charge is 0.462 e. The second kappa shape index (κ2) is 5.64. The van der Waals surface area contributed by atoms with Gasteiger partial charge < -0.3 is 9.64 Å². The van der Waals surface area contributed by atoms with Gasteiger partial charge in [-0.05, 0) is 17.5 Å². The number of carbonyl (C=O) groups excluding carboxylic acids is 1. The summed E-state index contributed by atoms with van der Waals surface area (Å²) in [6.07, 6.45) is 0.804. The van der Waals surface area contributed by atoms with Gasteiger partial charge >= 0.3 is 5.97 Å². The number of ether oxygens (including phenoxy) is 1. The van der Waals surface area contributed by atoms with Gasteiger partial charge in [-0.1, -0.05) is 13.8 Å². The third-order valence-electron chi connectivity index (χ3n) is 3.81. The van der Waals surface area contributed by atoms with Gasteiger partial charge in [-0.15, -0.1) is 0 Å². The molecule has 4 nitrogen and oxygen atoms in total. The van der Waals surface area contributed by atoms with Crippen molar-refractivity contribution >= 4 is 23.5 Å². The fourth-order valence-electron chi connectivity index (χ4n) is 2.65. The van der Waals surface area contributed by atoms with E-state index in [1.54, 1.807) is 0 Å². The quantitative estimate of drug-likeness (QED) is 0.783. The summed E-state index contributed by atoms with van der Waals surface area (Å²) < 4.78 is 5.23. The van der Waals surface area contributed by atoms with Crippen LogP contribution in [0.3, 0.4) is 0 Å². The third-order valence-corrected chi connectivity index (χ3v) is 4.76. The number of hydrogen-bond donors (Lipinski definition) is 0. The molecule has 1 fully saturated rings. The van der Waals surface area contributed by atoms with E-state index in [0.717, 1.165) is 48.1 Å². The highest BCUT2D eigenvalue weighted by molar-refractivity contribution is 7.99. The molecule has 3 heterocycles. The van der Waals surface area contributed by atoms with Gasteiger partial charge in [0.05, 0.1) is 6.61 Å². The van der Waals surface area contributed by atoms with Gasteiger partial charge in [0, 0.05) is 36.7 Å². The molecule has 0 amide bonds. The van der Waals surface area contributed by atoms with Crippen molar-refractivity contribution in [3.63, 3.8) is 0 Å². The maximum Gasteiger partial charge on any atom is 0.342 e. The monoisotopic (exact) mass is 292 g/mol. The van der Waals surface area contributed by atoms with Crippen molar-refractivity contribution in [1.82, 2.24) is 4.98 Å². The Hall–Kier alpha value is -1.23. The molecule has 1 aromatic heterocycles.